The summed E-state index contributed by atoms with van der Waals surface area (Å²) < 4.78 is 5.25. The average molecular weight is 214 g/mol. The number of carbonyl (C=O) groups excluding carboxylic acids is 1. The zero-order chi connectivity index (χ0) is 11.6. The lowest BCUT2D eigenvalue weighted by Crippen LogP contribution is -2.57. The van der Waals surface area contributed by atoms with E-state index >= 15 is 0 Å². The van der Waals surface area contributed by atoms with Crippen LogP contribution in [0.15, 0.2) is 0 Å². The van der Waals surface area contributed by atoms with E-state index < -0.39 is 5.60 Å². The molecule has 1 aliphatic rings. The fourth-order valence-corrected chi connectivity index (χ4v) is 1.59. The minimum Gasteiger partial charge on any atom is -0.444 e. The Bertz CT molecular complexity index is 229. The second-order valence-corrected chi connectivity index (χ2v) is 5.22. The largest absolute Gasteiger partial charge is 0.444 e. The summed E-state index contributed by atoms with van der Waals surface area (Å²) in [4.78, 5) is 13.3. The Balaban J connectivity index is 2.30. The third-order valence-electron chi connectivity index (χ3n) is 2.64. The SMILES string of the molecule is CC[C@H](N)C1CN(C(=O)OC(C)(C)C)C1. The smallest absolute Gasteiger partial charge is 0.410 e. The van der Waals surface area contributed by atoms with Gasteiger partial charge < -0.3 is 15.4 Å². The highest BCUT2D eigenvalue weighted by molar-refractivity contribution is 5.69. The second kappa shape index (κ2) is 4.39. The van der Waals surface area contributed by atoms with Gasteiger partial charge >= 0.3 is 6.09 Å². The third kappa shape index (κ3) is 3.38. The summed E-state index contributed by atoms with van der Waals surface area (Å²) in [5.41, 5.74) is 5.48. The van der Waals surface area contributed by atoms with Gasteiger partial charge in [-0.15, -0.1) is 0 Å². The van der Waals surface area contributed by atoms with E-state index in [0.29, 0.717) is 5.92 Å². The Morgan fingerprint density at radius 2 is 2.07 bits per heavy atom. The Morgan fingerprint density at radius 1 is 1.53 bits per heavy atom. The van der Waals surface area contributed by atoms with Crippen LogP contribution in [-0.2, 0) is 4.74 Å². The highest BCUT2D eigenvalue weighted by Crippen LogP contribution is 2.22. The van der Waals surface area contributed by atoms with E-state index in [9.17, 15) is 4.79 Å². The lowest BCUT2D eigenvalue weighted by Gasteiger charge is -2.42. The zero-order valence-corrected chi connectivity index (χ0v) is 10.1. The molecule has 1 heterocycles. The highest BCUT2D eigenvalue weighted by Gasteiger charge is 2.36. The summed E-state index contributed by atoms with van der Waals surface area (Å²) in [6, 6.07) is 0.212. The van der Waals surface area contributed by atoms with E-state index in [0.717, 1.165) is 19.5 Å². The summed E-state index contributed by atoms with van der Waals surface area (Å²) in [5, 5.41) is 0. The number of ether oxygens (including phenoxy) is 1. The quantitative estimate of drug-likeness (QED) is 0.759. The summed E-state index contributed by atoms with van der Waals surface area (Å²) >= 11 is 0. The van der Waals surface area contributed by atoms with Crippen LogP contribution in [0.25, 0.3) is 0 Å². The van der Waals surface area contributed by atoms with Crippen LogP contribution in [0.5, 0.6) is 0 Å². The fraction of sp³-hybridized carbons (Fsp3) is 0.909. The highest BCUT2D eigenvalue weighted by atomic mass is 16.6. The number of nitrogens with zero attached hydrogens (tertiary/aromatic N) is 1. The Hall–Kier alpha value is -0.770. The van der Waals surface area contributed by atoms with Crippen molar-refractivity contribution in [1.29, 1.82) is 0 Å². The molecular formula is C11H22N2O2. The monoisotopic (exact) mass is 214 g/mol. The molecule has 0 spiro atoms. The summed E-state index contributed by atoms with van der Waals surface area (Å²) in [6.45, 7) is 9.18. The van der Waals surface area contributed by atoms with Crippen molar-refractivity contribution in [3.63, 3.8) is 0 Å². The van der Waals surface area contributed by atoms with Gasteiger partial charge in [-0.1, -0.05) is 6.92 Å². The van der Waals surface area contributed by atoms with Gasteiger partial charge in [0.25, 0.3) is 0 Å². The van der Waals surface area contributed by atoms with Crippen molar-refractivity contribution in [3.05, 3.63) is 0 Å². The maximum atomic E-state index is 11.6. The molecule has 88 valence electrons. The molecule has 1 fully saturated rings. The van der Waals surface area contributed by atoms with Gasteiger partial charge in [0.05, 0.1) is 0 Å². The molecular weight excluding hydrogens is 192 g/mol. The first-order valence-electron chi connectivity index (χ1n) is 5.57. The van der Waals surface area contributed by atoms with Crippen LogP contribution in [0.3, 0.4) is 0 Å². The molecule has 0 bridgehead atoms. The molecule has 1 aliphatic heterocycles. The number of carbonyl (C=O) groups is 1. The van der Waals surface area contributed by atoms with Crippen molar-refractivity contribution in [1.82, 2.24) is 4.90 Å². The minimum atomic E-state index is -0.408. The molecule has 1 amide bonds. The standard InChI is InChI=1S/C11H22N2O2/c1-5-9(12)8-6-13(7-8)10(14)15-11(2,3)4/h8-9H,5-7,12H2,1-4H3/t9-/m0/s1. The molecule has 15 heavy (non-hydrogen) atoms. The third-order valence-corrected chi connectivity index (χ3v) is 2.64. The molecule has 4 nitrogen and oxygen atoms in total. The first kappa shape index (κ1) is 12.3. The molecule has 0 aromatic carbocycles. The van der Waals surface area contributed by atoms with Gasteiger partial charge in [-0.2, -0.15) is 0 Å². The Kier molecular flexibility index (Phi) is 3.60. The van der Waals surface area contributed by atoms with Crippen molar-refractivity contribution in [2.45, 2.75) is 45.8 Å². The van der Waals surface area contributed by atoms with Gasteiger partial charge in [0.2, 0.25) is 0 Å². The fourth-order valence-electron chi connectivity index (χ4n) is 1.59. The van der Waals surface area contributed by atoms with Crippen molar-refractivity contribution in [3.8, 4) is 0 Å². The predicted octanol–water partition coefficient (Wildman–Crippen LogP) is 1.59. The van der Waals surface area contributed by atoms with E-state index in [4.69, 9.17) is 10.5 Å². The van der Waals surface area contributed by atoms with Crippen LogP contribution in [0.4, 0.5) is 4.79 Å². The number of nitrogens with two attached hydrogens (primary N) is 1. The van der Waals surface area contributed by atoms with Crippen molar-refractivity contribution in [2.24, 2.45) is 11.7 Å². The number of hydrogen-bond acceptors (Lipinski definition) is 3. The van der Waals surface area contributed by atoms with E-state index in [1.54, 1.807) is 4.90 Å². The summed E-state index contributed by atoms with van der Waals surface area (Å²) in [6.07, 6.45) is 0.745. The molecule has 0 aliphatic carbocycles. The molecule has 1 rings (SSSR count). The number of likely N-dealkylation sites (tertiary alicyclic amines) is 1. The minimum absolute atomic E-state index is 0.212. The molecule has 4 heteroatoms. The number of rotatable bonds is 2. The number of hydrogen-bond donors (Lipinski definition) is 1. The molecule has 0 unspecified atom stereocenters. The molecule has 0 saturated carbocycles. The van der Waals surface area contributed by atoms with Crippen LogP contribution >= 0.6 is 0 Å². The van der Waals surface area contributed by atoms with Gasteiger partial charge in [0.1, 0.15) is 5.60 Å². The van der Waals surface area contributed by atoms with Crippen molar-refractivity contribution in [2.75, 3.05) is 13.1 Å². The summed E-state index contributed by atoms with van der Waals surface area (Å²) in [5.74, 6) is 0.447. The first-order valence-corrected chi connectivity index (χ1v) is 5.57. The Labute approximate surface area is 91.8 Å². The maximum Gasteiger partial charge on any atom is 0.410 e. The predicted molar refractivity (Wildman–Crippen MR) is 59.6 cm³/mol. The van der Waals surface area contributed by atoms with Gasteiger partial charge in [0.15, 0.2) is 0 Å². The van der Waals surface area contributed by atoms with Crippen LogP contribution in [-0.4, -0.2) is 35.7 Å². The zero-order valence-electron chi connectivity index (χ0n) is 10.1. The molecule has 2 N–H and O–H groups in total. The van der Waals surface area contributed by atoms with Gasteiger partial charge in [0, 0.05) is 25.0 Å². The molecule has 0 aromatic heterocycles. The van der Waals surface area contributed by atoms with Crippen LogP contribution in [0.1, 0.15) is 34.1 Å². The van der Waals surface area contributed by atoms with E-state index in [1.807, 2.05) is 20.8 Å². The van der Waals surface area contributed by atoms with Crippen molar-refractivity contribution >= 4 is 6.09 Å². The topological polar surface area (TPSA) is 55.6 Å². The van der Waals surface area contributed by atoms with Gasteiger partial charge in [-0.3, -0.25) is 0 Å². The van der Waals surface area contributed by atoms with Gasteiger partial charge in [-0.25, -0.2) is 4.79 Å². The van der Waals surface area contributed by atoms with Crippen LogP contribution < -0.4 is 5.73 Å². The average Bonchev–Trinajstić information content (AvgIpc) is 1.97. The summed E-state index contributed by atoms with van der Waals surface area (Å²) in [7, 11) is 0. The normalized spacial score (nSPS) is 19.7. The van der Waals surface area contributed by atoms with Crippen LogP contribution in [0.2, 0.25) is 0 Å². The number of amides is 1. The van der Waals surface area contributed by atoms with Crippen LogP contribution in [0, 0.1) is 5.92 Å². The van der Waals surface area contributed by atoms with Crippen molar-refractivity contribution < 1.29 is 9.53 Å². The molecule has 0 radical (unpaired) electrons. The lowest BCUT2D eigenvalue weighted by molar-refractivity contribution is -0.00477. The molecule has 1 atom stereocenters. The Morgan fingerprint density at radius 3 is 2.47 bits per heavy atom. The first-order chi connectivity index (χ1) is 6.83. The van der Waals surface area contributed by atoms with E-state index in [-0.39, 0.29) is 12.1 Å². The van der Waals surface area contributed by atoms with Gasteiger partial charge in [-0.05, 0) is 27.2 Å². The van der Waals surface area contributed by atoms with E-state index in [1.165, 1.54) is 0 Å². The molecule has 0 aromatic rings. The van der Waals surface area contributed by atoms with E-state index in [2.05, 4.69) is 6.92 Å². The molecule has 1 saturated heterocycles. The lowest BCUT2D eigenvalue weighted by atomic mass is 9.91. The second-order valence-electron chi connectivity index (χ2n) is 5.22. The maximum absolute atomic E-state index is 11.6.